The van der Waals surface area contributed by atoms with Gasteiger partial charge in [0.15, 0.2) is 21.7 Å². The lowest BCUT2D eigenvalue weighted by molar-refractivity contribution is -0.00392. The Balaban J connectivity index is 2.11. The number of imidazole rings is 1. The van der Waals surface area contributed by atoms with Crippen molar-refractivity contribution >= 4 is 32.9 Å². The first kappa shape index (κ1) is 13.7. The summed E-state index contributed by atoms with van der Waals surface area (Å²) in [6, 6.07) is -0.434. The first-order valence-corrected chi connectivity index (χ1v) is 6.94. The number of halogens is 1. The first-order valence-electron chi connectivity index (χ1n) is 6.15. The first-order chi connectivity index (χ1) is 9.54. The molecule has 0 saturated heterocycles. The highest BCUT2D eigenvalue weighted by Crippen LogP contribution is 2.38. The maximum Gasteiger partial charge on any atom is 0.179 e. The number of hydrogen-bond donors (Lipinski definition) is 4. The molecule has 1 aliphatic carbocycles. The van der Waals surface area contributed by atoms with E-state index < -0.39 is 18.2 Å². The Hall–Kier alpha value is -1.29. The Morgan fingerprint density at radius 3 is 2.75 bits per heavy atom. The molecular formula is C11H14BrN5O3. The molecule has 1 fully saturated rings. The lowest BCUT2D eigenvalue weighted by atomic mass is 10.1. The van der Waals surface area contributed by atoms with Crippen molar-refractivity contribution in [2.75, 3.05) is 12.3 Å². The third-order valence-electron chi connectivity index (χ3n) is 3.80. The van der Waals surface area contributed by atoms with Crippen LogP contribution in [0.25, 0.3) is 11.2 Å². The number of rotatable bonds is 2. The van der Waals surface area contributed by atoms with Gasteiger partial charge in [-0.05, 0) is 22.4 Å². The molecule has 2 aromatic rings. The highest BCUT2D eigenvalue weighted by atomic mass is 79.9. The van der Waals surface area contributed by atoms with Gasteiger partial charge in [0.05, 0.1) is 12.1 Å². The number of anilines is 1. The van der Waals surface area contributed by atoms with Crippen molar-refractivity contribution in [3.05, 3.63) is 11.1 Å². The molecule has 0 spiro atoms. The van der Waals surface area contributed by atoms with Gasteiger partial charge in [-0.2, -0.15) is 0 Å². The van der Waals surface area contributed by atoms with Crippen molar-refractivity contribution in [1.29, 1.82) is 0 Å². The SMILES string of the molecule is Nc1ncnc2c1nc(Br)n2[C@@H]1C[C@H](CO)[C@@H](O)[C@H]1O. The maximum absolute atomic E-state index is 10.2. The van der Waals surface area contributed by atoms with E-state index in [2.05, 4.69) is 30.9 Å². The van der Waals surface area contributed by atoms with Crippen LogP contribution in [0.1, 0.15) is 12.5 Å². The second kappa shape index (κ2) is 4.92. The molecule has 0 bridgehead atoms. The van der Waals surface area contributed by atoms with Crippen molar-refractivity contribution in [3.8, 4) is 0 Å². The van der Waals surface area contributed by atoms with Gasteiger partial charge in [0.1, 0.15) is 12.4 Å². The van der Waals surface area contributed by atoms with Crippen LogP contribution in [-0.2, 0) is 0 Å². The van der Waals surface area contributed by atoms with E-state index in [1.807, 2.05) is 0 Å². The molecule has 0 radical (unpaired) electrons. The normalized spacial score (nSPS) is 30.2. The molecule has 0 aliphatic heterocycles. The summed E-state index contributed by atoms with van der Waals surface area (Å²) in [6.07, 6.45) is -0.235. The number of hydrogen-bond acceptors (Lipinski definition) is 7. The van der Waals surface area contributed by atoms with E-state index in [1.54, 1.807) is 4.57 Å². The van der Waals surface area contributed by atoms with Crippen molar-refractivity contribution < 1.29 is 15.3 Å². The predicted molar refractivity (Wildman–Crippen MR) is 73.7 cm³/mol. The molecule has 5 N–H and O–H groups in total. The average molecular weight is 344 g/mol. The molecule has 1 saturated carbocycles. The van der Waals surface area contributed by atoms with Gasteiger partial charge < -0.3 is 21.1 Å². The summed E-state index contributed by atoms with van der Waals surface area (Å²) < 4.78 is 2.13. The van der Waals surface area contributed by atoms with Crippen LogP contribution in [-0.4, -0.2) is 53.7 Å². The third kappa shape index (κ3) is 1.89. The van der Waals surface area contributed by atoms with Crippen LogP contribution >= 0.6 is 15.9 Å². The number of nitrogen functional groups attached to an aromatic ring is 1. The van der Waals surface area contributed by atoms with Crippen LogP contribution < -0.4 is 5.73 Å². The van der Waals surface area contributed by atoms with E-state index in [9.17, 15) is 15.3 Å². The maximum atomic E-state index is 10.2. The zero-order valence-electron chi connectivity index (χ0n) is 10.4. The second-order valence-electron chi connectivity index (χ2n) is 4.91. The third-order valence-corrected chi connectivity index (χ3v) is 4.36. The number of aliphatic hydroxyl groups excluding tert-OH is 3. The van der Waals surface area contributed by atoms with Crippen LogP contribution in [0.3, 0.4) is 0 Å². The molecule has 0 unspecified atom stereocenters. The van der Waals surface area contributed by atoms with E-state index >= 15 is 0 Å². The van der Waals surface area contributed by atoms with Gasteiger partial charge in [0.25, 0.3) is 0 Å². The van der Waals surface area contributed by atoms with Crippen molar-refractivity contribution in [1.82, 2.24) is 19.5 Å². The second-order valence-corrected chi connectivity index (χ2v) is 5.62. The van der Waals surface area contributed by atoms with Gasteiger partial charge in [-0.1, -0.05) is 0 Å². The molecule has 1 aliphatic rings. The Bertz CT molecular complexity index is 648. The van der Waals surface area contributed by atoms with E-state index in [0.29, 0.717) is 22.3 Å². The molecule has 8 nitrogen and oxygen atoms in total. The summed E-state index contributed by atoms with van der Waals surface area (Å²) in [5, 5.41) is 29.3. The highest BCUT2D eigenvalue weighted by Gasteiger charge is 2.43. The summed E-state index contributed by atoms with van der Waals surface area (Å²) in [4.78, 5) is 12.3. The van der Waals surface area contributed by atoms with Crippen molar-refractivity contribution in [2.45, 2.75) is 24.7 Å². The Kier molecular flexibility index (Phi) is 3.36. The summed E-state index contributed by atoms with van der Waals surface area (Å²) in [7, 11) is 0. The van der Waals surface area contributed by atoms with Gasteiger partial charge in [-0.25, -0.2) is 15.0 Å². The summed E-state index contributed by atoms with van der Waals surface area (Å²) in [5.74, 6) is -0.125. The summed E-state index contributed by atoms with van der Waals surface area (Å²) in [5.41, 5.74) is 6.68. The van der Waals surface area contributed by atoms with Crippen LogP contribution in [0.5, 0.6) is 0 Å². The summed E-state index contributed by atoms with van der Waals surface area (Å²) >= 11 is 3.32. The Morgan fingerprint density at radius 1 is 1.35 bits per heavy atom. The van der Waals surface area contributed by atoms with Crippen LogP contribution in [0.2, 0.25) is 0 Å². The number of aliphatic hydroxyl groups is 3. The fraction of sp³-hybridized carbons (Fsp3) is 0.545. The number of fused-ring (bicyclic) bond motifs is 1. The molecule has 0 amide bonds. The van der Waals surface area contributed by atoms with E-state index in [-0.39, 0.29) is 18.3 Å². The van der Waals surface area contributed by atoms with Gasteiger partial charge in [0, 0.05) is 12.5 Å². The number of nitrogens with zero attached hydrogens (tertiary/aromatic N) is 4. The molecule has 9 heteroatoms. The van der Waals surface area contributed by atoms with Gasteiger partial charge >= 0.3 is 0 Å². The Labute approximate surface area is 122 Å². The number of aromatic nitrogens is 4. The smallest absolute Gasteiger partial charge is 0.179 e. The van der Waals surface area contributed by atoms with E-state index in [1.165, 1.54) is 6.33 Å². The molecule has 4 atom stereocenters. The minimum atomic E-state index is -1.00. The monoisotopic (exact) mass is 343 g/mol. The highest BCUT2D eigenvalue weighted by molar-refractivity contribution is 9.10. The largest absolute Gasteiger partial charge is 0.396 e. The molecule has 3 rings (SSSR count). The van der Waals surface area contributed by atoms with Gasteiger partial charge in [-0.3, -0.25) is 4.57 Å². The molecular weight excluding hydrogens is 330 g/mol. The van der Waals surface area contributed by atoms with Gasteiger partial charge in [-0.15, -0.1) is 0 Å². The predicted octanol–water partition coefficient (Wildman–Crippen LogP) is -0.554. The molecule has 0 aromatic carbocycles. The van der Waals surface area contributed by atoms with Crippen LogP contribution in [0.15, 0.2) is 11.1 Å². The zero-order chi connectivity index (χ0) is 14.4. The fourth-order valence-electron chi connectivity index (χ4n) is 2.73. The van der Waals surface area contributed by atoms with E-state index in [0.717, 1.165) is 0 Å². The van der Waals surface area contributed by atoms with Gasteiger partial charge in [0.2, 0.25) is 0 Å². The molecule has 108 valence electrons. The number of nitrogens with two attached hydrogens (primary N) is 1. The Morgan fingerprint density at radius 2 is 2.10 bits per heavy atom. The van der Waals surface area contributed by atoms with Crippen LogP contribution in [0, 0.1) is 5.92 Å². The molecule has 2 heterocycles. The zero-order valence-corrected chi connectivity index (χ0v) is 12.0. The lowest BCUT2D eigenvalue weighted by Crippen LogP contribution is -2.30. The summed E-state index contributed by atoms with van der Waals surface area (Å²) in [6.45, 7) is -0.184. The van der Waals surface area contributed by atoms with E-state index in [4.69, 9.17) is 5.73 Å². The van der Waals surface area contributed by atoms with Crippen molar-refractivity contribution in [3.63, 3.8) is 0 Å². The quantitative estimate of drug-likeness (QED) is 0.538. The van der Waals surface area contributed by atoms with Crippen LogP contribution in [0.4, 0.5) is 5.82 Å². The lowest BCUT2D eigenvalue weighted by Gasteiger charge is -2.19. The fourth-order valence-corrected chi connectivity index (χ4v) is 3.34. The minimum Gasteiger partial charge on any atom is -0.396 e. The topological polar surface area (TPSA) is 130 Å². The standard InChI is InChI=1S/C11H14BrN5O3/c12-11-16-6-9(13)14-3-15-10(6)17(11)5-1-4(2-18)7(19)8(5)20/h3-5,7-8,18-20H,1-2H2,(H2,13,14,15)/t4-,5-,7-,8+/m1/s1. The molecule has 20 heavy (non-hydrogen) atoms. The average Bonchev–Trinajstić information content (AvgIpc) is 2.90. The molecule has 2 aromatic heterocycles. The van der Waals surface area contributed by atoms with Crippen molar-refractivity contribution in [2.24, 2.45) is 5.92 Å². The minimum absolute atomic E-state index is 0.184.